The summed E-state index contributed by atoms with van der Waals surface area (Å²) >= 11 is 0. The Morgan fingerprint density at radius 3 is 2.90 bits per heavy atom. The third-order valence-corrected chi connectivity index (χ3v) is 4.95. The van der Waals surface area contributed by atoms with Crippen LogP contribution in [0.5, 0.6) is 0 Å². The van der Waals surface area contributed by atoms with Crippen LogP contribution in [0.1, 0.15) is 31.9 Å². The van der Waals surface area contributed by atoms with Crippen molar-refractivity contribution in [3.8, 4) is 0 Å². The lowest BCUT2D eigenvalue weighted by Crippen LogP contribution is -2.53. The predicted octanol–water partition coefficient (Wildman–Crippen LogP) is 1.14. The van der Waals surface area contributed by atoms with Gasteiger partial charge in [-0.05, 0) is 31.9 Å². The molecule has 2 heterocycles. The Kier molecular flexibility index (Phi) is 5.05. The topological polar surface area (TPSA) is 79.6 Å². The minimum absolute atomic E-state index is 0.105. The smallest absolute Gasteiger partial charge is 0.238 e. The molecule has 1 aliphatic rings. The first-order chi connectivity index (χ1) is 9.88. The van der Waals surface area contributed by atoms with E-state index in [1.807, 2.05) is 13.0 Å². The molecular formula is C14H22N2O4S. The summed E-state index contributed by atoms with van der Waals surface area (Å²) < 4.78 is 30.1. The Labute approximate surface area is 125 Å². The number of nitrogens with zero attached hydrogens (tertiary/aromatic N) is 1. The number of carbonyl (C=O) groups excluding carboxylic acids is 1. The molecule has 2 rings (SSSR count). The lowest BCUT2D eigenvalue weighted by Gasteiger charge is -2.33. The highest BCUT2D eigenvalue weighted by Gasteiger charge is 2.34. The van der Waals surface area contributed by atoms with Gasteiger partial charge in [-0.1, -0.05) is 6.42 Å². The van der Waals surface area contributed by atoms with E-state index in [-0.39, 0.29) is 11.9 Å². The first-order valence-corrected chi connectivity index (χ1v) is 9.02. The van der Waals surface area contributed by atoms with Crippen molar-refractivity contribution >= 4 is 15.9 Å². The summed E-state index contributed by atoms with van der Waals surface area (Å²) in [6, 6.07) is 2.96. The van der Waals surface area contributed by atoms with Crippen molar-refractivity contribution in [2.75, 3.05) is 12.8 Å². The maximum atomic E-state index is 12.3. The first kappa shape index (κ1) is 16.0. The largest absolute Gasteiger partial charge is 0.469 e. The first-order valence-electron chi connectivity index (χ1n) is 7.17. The summed E-state index contributed by atoms with van der Waals surface area (Å²) in [6.07, 6.45) is 5.59. The number of hydrogen-bond donors (Lipinski definition) is 1. The number of carbonyl (C=O) groups is 1. The molecule has 0 radical (unpaired) electrons. The summed E-state index contributed by atoms with van der Waals surface area (Å²) in [5.41, 5.74) is 0. The molecule has 21 heavy (non-hydrogen) atoms. The van der Waals surface area contributed by atoms with E-state index in [4.69, 9.17) is 4.42 Å². The zero-order chi connectivity index (χ0) is 15.5. The molecule has 1 amide bonds. The van der Waals surface area contributed by atoms with Gasteiger partial charge in [-0.25, -0.2) is 8.42 Å². The van der Waals surface area contributed by atoms with Crippen molar-refractivity contribution < 1.29 is 17.6 Å². The number of piperidine rings is 1. The normalized spacial score (nSPS) is 21.9. The standard InChI is InChI=1S/C14H22N2O4S/c1-11(10-12-6-5-9-20-12)15-14(17)13-7-3-4-8-16(13)21(2,18)19/h5-6,9,11,13H,3-4,7-8,10H2,1-2H3,(H,15,17)/t11-,13+/m0/s1. The molecule has 0 bridgehead atoms. The molecule has 0 saturated carbocycles. The molecular weight excluding hydrogens is 292 g/mol. The van der Waals surface area contributed by atoms with Gasteiger partial charge >= 0.3 is 0 Å². The van der Waals surface area contributed by atoms with Crippen LogP contribution in [0.2, 0.25) is 0 Å². The Hall–Kier alpha value is -1.34. The molecule has 1 fully saturated rings. The Morgan fingerprint density at radius 1 is 1.52 bits per heavy atom. The number of rotatable bonds is 5. The summed E-state index contributed by atoms with van der Waals surface area (Å²) in [7, 11) is -3.35. The predicted molar refractivity (Wildman–Crippen MR) is 79.2 cm³/mol. The molecule has 0 aliphatic carbocycles. The van der Waals surface area contributed by atoms with Gasteiger partial charge in [-0.15, -0.1) is 0 Å². The maximum absolute atomic E-state index is 12.3. The highest BCUT2D eigenvalue weighted by molar-refractivity contribution is 7.88. The van der Waals surface area contributed by atoms with Crippen LogP contribution in [-0.4, -0.2) is 43.5 Å². The van der Waals surface area contributed by atoms with E-state index in [1.54, 1.807) is 12.3 Å². The van der Waals surface area contributed by atoms with Crippen LogP contribution in [-0.2, 0) is 21.2 Å². The molecule has 1 aliphatic heterocycles. The van der Waals surface area contributed by atoms with Gasteiger partial charge in [-0.2, -0.15) is 4.31 Å². The zero-order valence-corrected chi connectivity index (χ0v) is 13.2. The molecule has 118 valence electrons. The van der Waals surface area contributed by atoms with E-state index < -0.39 is 16.1 Å². The van der Waals surface area contributed by atoms with E-state index >= 15 is 0 Å². The van der Waals surface area contributed by atoms with Gasteiger partial charge in [0.2, 0.25) is 15.9 Å². The summed E-state index contributed by atoms with van der Waals surface area (Å²) in [4.78, 5) is 12.3. The van der Waals surface area contributed by atoms with Gasteiger partial charge in [0.1, 0.15) is 11.8 Å². The van der Waals surface area contributed by atoms with Crippen LogP contribution < -0.4 is 5.32 Å². The maximum Gasteiger partial charge on any atom is 0.238 e. The Morgan fingerprint density at radius 2 is 2.29 bits per heavy atom. The van der Waals surface area contributed by atoms with Crippen molar-refractivity contribution in [3.63, 3.8) is 0 Å². The third-order valence-electron chi connectivity index (χ3n) is 3.66. The minimum atomic E-state index is -3.35. The lowest BCUT2D eigenvalue weighted by atomic mass is 10.0. The van der Waals surface area contributed by atoms with Crippen molar-refractivity contribution in [3.05, 3.63) is 24.2 Å². The molecule has 7 heteroatoms. The van der Waals surface area contributed by atoms with Crippen LogP contribution in [0.3, 0.4) is 0 Å². The van der Waals surface area contributed by atoms with E-state index in [9.17, 15) is 13.2 Å². The van der Waals surface area contributed by atoms with Gasteiger partial charge in [-0.3, -0.25) is 4.79 Å². The number of sulfonamides is 1. The van der Waals surface area contributed by atoms with E-state index in [2.05, 4.69) is 5.32 Å². The number of furan rings is 1. The number of nitrogens with one attached hydrogen (secondary N) is 1. The molecule has 1 saturated heterocycles. The molecule has 1 N–H and O–H groups in total. The van der Waals surface area contributed by atoms with Crippen molar-refractivity contribution in [1.82, 2.24) is 9.62 Å². The second-order valence-corrected chi connectivity index (χ2v) is 7.51. The average molecular weight is 314 g/mol. The molecule has 0 unspecified atom stereocenters. The quantitative estimate of drug-likeness (QED) is 0.884. The molecule has 1 aromatic rings. The number of amides is 1. The van der Waals surface area contributed by atoms with Gasteiger partial charge in [0, 0.05) is 19.0 Å². The zero-order valence-electron chi connectivity index (χ0n) is 12.4. The summed E-state index contributed by atoms with van der Waals surface area (Å²) in [5.74, 6) is 0.575. The Balaban J connectivity index is 1.97. The van der Waals surface area contributed by atoms with E-state index in [0.29, 0.717) is 19.4 Å². The second-order valence-electron chi connectivity index (χ2n) is 5.58. The average Bonchev–Trinajstić information content (AvgIpc) is 2.90. The second kappa shape index (κ2) is 6.62. The minimum Gasteiger partial charge on any atom is -0.469 e. The van der Waals surface area contributed by atoms with Gasteiger partial charge in [0.15, 0.2) is 0 Å². The third kappa shape index (κ3) is 4.31. The van der Waals surface area contributed by atoms with Crippen LogP contribution in [0, 0.1) is 0 Å². The van der Waals surface area contributed by atoms with Gasteiger partial charge in [0.05, 0.1) is 12.5 Å². The van der Waals surface area contributed by atoms with Gasteiger partial charge < -0.3 is 9.73 Å². The van der Waals surface area contributed by atoms with Crippen molar-refractivity contribution in [2.24, 2.45) is 0 Å². The SMILES string of the molecule is C[C@@H](Cc1ccco1)NC(=O)[C@H]1CCCCN1S(C)(=O)=O. The monoisotopic (exact) mass is 314 g/mol. The fourth-order valence-electron chi connectivity index (χ4n) is 2.68. The van der Waals surface area contributed by atoms with Crippen LogP contribution in [0.25, 0.3) is 0 Å². The fraction of sp³-hybridized carbons (Fsp3) is 0.643. The van der Waals surface area contributed by atoms with Crippen LogP contribution in [0.15, 0.2) is 22.8 Å². The molecule has 0 aromatic carbocycles. The molecule has 1 aromatic heterocycles. The lowest BCUT2D eigenvalue weighted by molar-refractivity contribution is -0.126. The van der Waals surface area contributed by atoms with Crippen molar-refractivity contribution in [1.29, 1.82) is 0 Å². The highest BCUT2D eigenvalue weighted by atomic mass is 32.2. The van der Waals surface area contributed by atoms with E-state index in [1.165, 1.54) is 4.31 Å². The van der Waals surface area contributed by atoms with Gasteiger partial charge in [0.25, 0.3) is 0 Å². The summed E-state index contributed by atoms with van der Waals surface area (Å²) in [6.45, 7) is 2.30. The summed E-state index contributed by atoms with van der Waals surface area (Å²) in [5, 5.41) is 2.88. The Bertz CT molecular complexity index is 568. The highest BCUT2D eigenvalue weighted by Crippen LogP contribution is 2.20. The fourth-order valence-corrected chi connectivity index (χ4v) is 3.81. The van der Waals surface area contributed by atoms with Crippen LogP contribution >= 0.6 is 0 Å². The van der Waals surface area contributed by atoms with Crippen molar-refractivity contribution in [2.45, 2.75) is 44.7 Å². The molecule has 2 atom stereocenters. The number of hydrogen-bond acceptors (Lipinski definition) is 4. The van der Waals surface area contributed by atoms with E-state index in [0.717, 1.165) is 24.9 Å². The molecule has 6 nitrogen and oxygen atoms in total. The molecule has 0 spiro atoms. The van der Waals surface area contributed by atoms with Crippen LogP contribution in [0.4, 0.5) is 0 Å².